The Morgan fingerprint density at radius 3 is 2.00 bits per heavy atom. The first-order valence-electron chi connectivity index (χ1n) is 4.97. The van der Waals surface area contributed by atoms with Gasteiger partial charge in [0.1, 0.15) is 16.6 Å². The molecule has 0 N–H and O–H groups in total. The van der Waals surface area contributed by atoms with Crippen molar-refractivity contribution in [3.63, 3.8) is 0 Å². The standard InChI is InChI=1S/C12H3Cl2F5O/c13-8-4(15)1-2-6(9(8)14)20-7-3-5(16)10(17)12(19)11(7)18/h1-3H. The molecule has 0 spiro atoms. The predicted molar refractivity (Wildman–Crippen MR) is 62.8 cm³/mol. The second-order valence-corrected chi connectivity index (χ2v) is 4.33. The molecule has 0 unspecified atom stereocenters. The molecule has 8 heteroatoms. The van der Waals surface area contributed by atoms with Crippen LogP contribution < -0.4 is 4.74 Å². The van der Waals surface area contributed by atoms with E-state index in [4.69, 9.17) is 27.9 Å². The molecule has 0 fully saturated rings. The van der Waals surface area contributed by atoms with Gasteiger partial charge in [0.25, 0.3) is 0 Å². The fraction of sp³-hybridized carbons (Fsp3) is 0. The Hall–Kier alpha value is -1.53. The van der Waals surface area contributed by atoms with E-state index in [1.165, 1.54) is 0 Å². The second-order valence-electron chi connectivity index (χ2n) is 3.57. The zero-order valence-corrected chi connectivity index (χ0v) is 10.8. The molecular weight excluding hydrogens is 326 g/mol. The van der Waals surface area contributed by atoms with Gasteiger partial charge in [-0.15, -0.1) is 0 Å². The Labute approximate surface area is 119 Å². The third-order valence-corrected chi connectivity index (χ3v) is 3.13. The molecule has 0 atom stereocenters. The van der Waals surface area contributed by atoms with E-state index in [1.807, 2.05) is 0 Å². The minimum Gasteiger partial charge on any atom is -0.452 e. The molecule has 0 aliphatic rings. The lowest BCUT2D eigenvalue weighted by molar-refractivity contribution is 0.371. The summed E-state index contributed by atoms with van der Waals surface area (Å²) in [5.41, 5.74) is 0. The van der Waals surface area contributed by atoms with E-state index in [0.717, 1.165) is 12.1 Å². The van der Waals surface area contributed by atoms with Crippen molar-refractivity contribution in [2.75, 3.05) is 0 Å². The van der Waals surface area contributed by atoms with Gasteiger partial charge in [-0.05, 0) is 12.1 Å². The average molecular weight is 329 g/mol. The summed E-state index contributed by atoms with van der Waals surface area (Å²) in [5, 5.41) is -0.927. The highest BCUT2D eigenvalue weighted by molar-refractivity contribution is 6.43. The van der Waals surface area contributed by atoms with Crippen LogP contribution in [0.2, 0.25) is 10.0 Å². The first kappa shape index (κ1) is 14.9. The van der Waals surface area contributed by atoms with Gasteiger partial charge in [0.05, 0.1) is 5.02 Å². The fourth-order valence-corrected chi connectivity index (χ4v) is 1.68. The number of benzene rings is 2. The largest absolute Gasteiger partial charge is 0.452 e. The summed E-state index contributed by atoms with van der Waals surface area (Å²) in [6.45, 7) is 0. The summed E-state index contributed by atoms with van der Waals surface area (Å²) < 4.78 is 70.0. The van der Waals surface area contributed by atoms with Crippen molar-refractivity contribution in [2.24, 2.45) is 0 Å². The van der Waals surface area contributed by atoms with Crippen molar-refractivity contribution in [1.82, 2.24) is 0 Å². The van der Waals surface area contributed by atoms with E-state index in [2.05, 4.69) is 0 Å². The van der Waals surface area contributed by atoms with Gasteiger partial charge in [0.15, 0.2) is 17.4 Å². The molecule has 0 heterocycles. The molecule has 0 radical (unpaired) electrons. The van der Waals surface area contributed by atoms with Crippen molar-refractivity contribution in [2.45, 2.75) is 0 Å². The van der Waals surface area contributed by atoms with Crippen molar-refractivity contribution >= 4 is 23.2 Å². The highest BCUT2D eigenvalue weighted by atomic mass is 35.5. The lowest BCUT2D eigenvalue weighted by Gasteiger charge is -2.10. The Balaban J connectivity index is 2.48. The predicted octanol–water partition coefficient (Wildman–Crippen LogP) is 5.48. The Kier molecular flexibility index (Phi) is 4.06. The monoisotopic (exact) mass is 328 g/mol. The maximum Gasteiger partial charge on any atom is 0.204 e. The molecule has 2 rings (SSSR count). The van der Waals surface area contributed by atoms with E-state index in [9.17, 15) is 22.0 Å². The molecule has 1 nitrogen and oxygen atoms in total. The molecule has 106 valence electrons. The molecular formula is C12H3Cl2F5O. The molecule has 20 heavy (non-hydrogen) atoms. The third-order valence-electron chi connectivity index (χ3n) is 2.29. The molecule has 0 amide bonds. The molecule has 0 saturated carbocycles. The molecule has 0 bridgehead atoms. The SMILES string of the molecule is Fc1cc(Oc2ccc(F)c(Cl)c2Cl)c(F)c(F)c1F. The summed E-state index contributed by atoms with van der Waals surface area (Å²) in [7, 11) is 0. The Morgan fingerprint density at radius 2 is 1.35 bits per heavy atom. The Bertz CT molecular complexity index is 690. The fourth-order valence-electron chi connectivity index (χ4n) is 1.33. The van der Waals surface area contributed by atoms with Crippen LogP contribution in [0.15, 0.2) is 18.2 Å². The number of ether oxygens (including phenoxy) is 1. The lowest BCUT2D eigenvalue weighted by Crippen LogP contribution is -1.99. The molecule has 0 aliphatic heterocycles. The maximum absolute atomic E-state index is 13.4. The van der Waals surface area contributed by atoms with Crippen LogP contribution in [0, 0.1) is 29.1 Å². The minimum atomic E-state index is -2.04. The quantitative estimate of drug-likeness (QED) is 0.403. The summed E-state index contributed by atoms with van der Waals surface area (Å²) >= 11 is 11.1. The van der Waals surface area contributed by atoms with Crippen LogP contribution in [0.1, 0.15) is 0 Å². The number of hydrogen-bond acceptors (Lipinski definition) is 1. The highest BCUT2D eigenvalue weighted by Crippen LogP contribution is 2.37. The van der Waals surface area contributed by atoms with Gasteiger partial charge in [-0.25, -0.2) is 17.6 Å². The van der Waals surface area contributed by atoms with Crippen molar-refractivity contribution in [3.8, 4) is 11.5 Å². The summed E-state index contributed by atoms with van der Waals surface area (Å²) in [5.74, 6) is -9.57. The van der Waals surface area contributed by atoms with Gasteiger partial charge >= 0.3 is 0 Å². The van der Waals surface area contributed by atoms with Crippen LogP contribution in [0.5, 0.6) is 11.5 Å². The first-order chi connectivity index (χ1) is 9.32. The van der Waals surface area contributed by atoms with Gasteiger partial charge in [0.2, 0.25) is 11.6 Å². The zero-order chi connectivity index (χ0) is 15.0. The number of hydrogen-bond donors (Lipinski definition) is 0. The molecule has 0 aliphatic carbocycles. The van der Waals surface area contributed by atoms with Crippen LogP contribution in [-0.2, 0) is 0 Å². The van der Waals surface area contributed by atoms with Crippen molar-refractivity contribution in [3.05, 3.63) is 57.3 Å². The van der Waals surface area contributed by atoms with Crippen molar-refractivity contribution in [1.29, 1.82) is 0 Å². The summed E-state index contributed by atoms with van der Waals surface area (Å²) in [4.78, 5) is 0. The van der Waals surface area contributed by atoms with Gasteiger partial charge in [-0.1, -0.05) is 23.2 Å². The van der Waals surface area contributed by atoms with E-state index in [1.54, 1.807) is 0 Å². The topological polar surface area (TPSA) is 9.23 Å². The third kappa shape index (κ3) is 2.53. The van der Waals surface area contributed by atoms with Crippen LogP contribution in [-0.4, -0.2) is 0 Å². The minimum absolute atomic E-state index is 0.293. The molecule has 0 aromatic heterocycles. The second kappa shape index (κ2) is 5.46. The van der Waals surface area contributed by atoms with Gasteiger partial charge in [-0.3, -0.25) is 0 Å². The smallest absolute Gasteiger partial charge is 0.204 e. The van der Waals surface area contributed by atoms with Gasteiger partial charge < -0.3 is 4.74 Å². The molecule has 0 saturated heterocycles. The molecule has 2 aromatic carbocycles. The van der Waals surface area contributed by atoms with E-state index in [0.29, 0.717) is 6.07 Å². The number of rotatable bonds is 2. The van der Waals surface area contributed by atoms with E-state index >= 15 is 0 Å². The first-order valence-corrected chi connectivity index (χ1v) is 5.73. The van der Waals surface area contributed by atoms with Gasteiger partial charge in [-0.2, -0.15) is 4.39 Å². The van der Waals surface area contributed by atoms with E-state index in [-0.39, 0.29) is 5.75 Å². The van der Waals surface area contributed by atoms with Crippen LogP contribution in [0.3, 0.4) is 0 Å². The number of halogens is 7. The summed E-state index contributed by atoms with van der Waals surface area (Å²) in [6.07, 6.45) is 0. The van der Waals surface area contributed by atoms with E-state index < -0.39 is 44.9 Å². The summed E-state index contributed by atoms with van der Waals surface area (Å²) in [6, 6.07) is 2.13. The molecule has 2 aromatic rings. The van der Waals surface area contributed by atoms with Crippen LogP contribution >= 0.6 is 23.2 Å². The zero-order valence-electron chi connectivity index (χ0n) is 9.29. The Morgan fingerprint density at radius 1 is 0.700 bits per heavy atom. The van der Waals surface area contributed by atoms with Crippen LogP contribution in [0.4, 0.5) is 22.0 Å². The normalized spacial score (nSPS) is 10.8. The maximum atomic E-state index is 13.4. The van der Waals surface area contributed by atoms with Gasteiger partial charge in [0, 0.05) is 6.07 Å². The highest BCUT2D eigenvalue weighted by Gasteiger charge is 2.21. The van der Waals surface area contributed by atoms with Crippen LogP contribution in [0.25, 0.3) is 0 Å². The van der Waals surface area contributed by atoms with Crippen molar-refractivity contribution < 1.29 is 26.7 Å². The lowest BCUT2D eigenvalue weighted by atomic mass is 10.3. The average Bonchev–Trinajstić information content (AvgIpc) is 2.42.